The molecule has 1 heterocycles. The number of aliphatic hydroxyl groups is 1. The van der Waals surface area contributed by atoms with Gasteiger partial charge in [0.2, 0.25) is 0 Å². The molecular formula is C17H30N2O. The molecule has 0 aromatic rings. The van der Waals surface area contributed by atoms with Gasteiger partial charge in [-0.3, -0.25) is 4.90 Å². The molecule has 0 bridgehead atoms. The SMILES string of the molecule is CNC1CCC2CCCC2N(C2C=CCCCC2)C1O. The van der Waals surface area contributed by atoms with Crippen molar-refractivity contribution in [3.05, 3.63) is 12.2 Å². The molecule has 1 saturated carbocycles. The second-order valence-corrected chi connectivity index (χ2v) is 6.87. The van der Waals surface area contributed by atoms with Crippen LogP contribution in [-0.2, 0) is 0 Å². The number of hydrogen-bond acceptors (Lipinski definition) is 3. The molecule has 2 fully saturated rings. The topological polar surface area (TPSA) is 35.5 Å². The first-order valence-electron chi connectivity index (χ1n) is 8.60. The van der Waals surface area contributed by atoms with Crippen LogP contribution in [0.3, 0.4) is 0 Å². The maximum absolute atomic E-state index is 10.9. The van der Waals surface area contributed by atoms with E-state index >= 15 is 0 Å². The summed E-state index contributed by atoms with van der Waals surface area (Å²) in [7, 11) is 2.00. The summed E-state index contributed by atoms with van der Waals surface area (Å²) < 4.78 is 0. The molecule has 0 aromatic carbocycles. The normalized spacial score (nSPS) is 43.0. The van der Waals surface area contributed by atoms with Crippen molar-refractivity contribution >= 4 is 0 Å². The highest BCUT2D eigenvalue weighted by Gasteiger charge is 2.42. The third-order valence-electron chi connectivity index (χ3n) is 5.75. The number of nitrogens with one attached hydrogen (secondary N) is 1. The van der Waals surface area contributed by atoms with Crippen LogP contribution in [0.15, 0.2) is 12.2 Å². The standard InChI is InChI=1S/C17H30N2O/c1-18-15-12-11-13-7-6-10-16(13)19(17(15)20)14-8-4-2-3-5-9-14/h4,8,13-18,20H,2-3,5-7,9-12H2,1H3. The van der Waals surface area contributed by atoms with Crippen molar-refractivity contribution in [3.8, 4) is 0 Å². The van der Waals surface area contributed by atoms with Crippen molar-refractivity contribution in [3.63, 3.8) is 0 Å². The van der Waals surface area contributed by atoms with E-state index in [0.29, 0.717) is 12.1 Å². The van der Waals surface area contributed by atoms with E-state index in [4.69, 9.17) is 0 Å². The summed E-state index contributed by atoms with van der Waals surface area (Å²) in [5.74, 6) is 0.805. The summed E-state index contributed by atoms with van der Waals surface area (Å²) in [5.41, 5.74) is 0. The molecule has 1 aliphatic heterocycles. The Hall–Kier alpha value is -0.380. The van der Waals surface area contributed by atoms with Crippen LogP contribution in [0.4, 0.5) is 0 Å². The molecule has 2 N–H and O–H groups in total. The first-order chi connectivity index (χ1) is 9.81. The predicted octanol–water partition coefficient (Wildman–Crippen LogP) is 2.66. The van der Waals surface area contributed by atoms with E-state index in [1.165, 1.54) is 51.4 Å². The molecule has 114 valence electrons. The van der Waals surface area contributed by atoms with Crippen LogP contribution in [0, 0.1) is 5.92 Å². The van der Waals surface area contributed by atoms with Gasteiger partial charge in [0.25, 0.3) is 0 Å². The van der Waals surface area contributed by atoms with Gasteiger partial charge in [0.1, 0.15) is 6.23 Å². The minimum absolute atomic E-state index is 0.234. The monoisotopic (exact) mass is 278 g/mol. The fraction of sp³-hybridized carbons (Fsp3) is 0.882. The van der Waals surface area contributed by atoms with E-state index in [2.05, 4.69) is 22.4 Å². The summed E-state index contributed by atoms with van der Waals surface area (Å²) in [4.78, 5) is 2.48. The lowest BCUT2D eigenvalue weighted by Gasteiger charge is -2.41. The molecule has 3 rings (SSSR count). The smallest absolute Gasteiger partial charge is 0.123 e. The van der Waals surface area contributed by atoms with E-state index in [9.17, 15) is 5.11 Å². The Labute approximate surface area is 123 Å². The van der Waals surface area contributed by atoms with Gasteiger partial charge in [-0.2, -0.15) is 0 Å². The molecule has 20 heavy (non-hydrogen) atoms. The number of likely N-dealkylation sites (N-methyl/N-ethyl adjacent to an activating group) is 1. The molecule has 3 heteroatoms. The molecular weight excluding hydrogens is 248 g/mol. The minimum atomic E-state index is -0.319. The Morgan fingerprint density at radius 1 is 1.05 bits per heavy atom. The van der Waals surface area contributed by atoms with Gasteiger partial charge in [0.05, 0.1) is 0 Å². The molecule has 2 aliphatic carbocycles. The van der Waals surface area contributed by atoms with E-state index in [0.717, 1.165) is 12.3 Å². The molecule has 5 atom stereocenters. The Morgan fingerprint density at radius 3 is 2.80 bits per heavy atom. The Bertz CT molecular complexity index is 342. The van der Waals surface area contributed by atoms with Crippen LogP contribution in [0.5, 0.6) is 0 Å². The largest absolute Gasteiger partial charge is 0.377 e. The van der Waals surface area contributed by atoms with Crippen LogP contribution in [0.1, 0.15) is 57.8 Å². The van der Waals surface area contributed by atoms with Crippen molar-refractivity contribution in [2.24, 2.45) is 5.92 Å². The number of hydrogen-bond donors (Lipinski definition) is 2. The van der Waals surface area contributed by atoms with Crippen molar-refractivity contribution in [1.82, 2.24) is 10.2 Å². The molecule has 3 nitrogen and oxygen atoms in total. The van der Waals surface area contributed by atoms with Crippen molar-refractivity contribution in [2.45, 2.75) is 82.1 Å². The van der Waals surface area contributed by atoms with Crippen LogP contribution >= 0.6 is 0 Å². The third-order valence-corrected chi connectivity index (χ3v) is 5.75. The zero-order valence-corrected chi connectivity index (χ0v) is 12.8. The molecule has 3 aliphatic rings. The molecule has 0 radical (unpaired) electrons. The summed E-state index contributed by atoms with van der Waals surface area (Å²) in [6.45, 7) is 0. The van der Waals surface area contributed by atoms with Crippen molar-refractivity contribution in [2.75, 3.05) is 7.05 Å². The average Bonchev–Trinajstić information content (AvgIpc) is 2.69. The highest BCUT2D eigenvalue weighted by atomic mass is 16.3. The Balaban J connectivity index is 1.84. The second-order valence-electron chi connectivity index (χ2n) is 6.87. The van der Waals surface area contributed by atoms with Gasteiger partial charge in [-0.05, 0) is 57.9 Å². The highest BCUT2D eigenvalue weighted by Crippen LogP contribution is 2.39. The van der Waals surface area contributed by atoms with E-state index < -0.39 is 0 Å². The van der Waals surface area contributed by atoms with E-state index in [1.807, 2.05) is 7.05 Å². The molecule has 0 amide bonds. The lowest BCUT2D eigenvalue weighted by molar-refractivity contribution is -0.0621. The van der Waals surface area contributed by atoms with Gasteiger partial charge in [-0.25, -0.2) is 0 Å². The van der Waals surface area contributed by atoms with Crippen LogP contribution in [0.25, 0.3) is 0 Å². The molecule has 1 saturated heterocycles. The van der Waals surface area contributed by atoms with Gasteiger partial charge in [0, 0.05) is 18.1 Å². The summed E-state index contributed by atoms with van der Waals surface area (Å²) in [5, 5.41) is 14.3. The number of allylic oxidation sites excluding steroid dienone is 1. The number of likely N-dealkylation sites (tertiary alicyclic amines) is 1. The number of fused-ring (bicyclic) bond motifs is 1. The summed E-state index contributed by atoms with van der Waals surface area (Å²) in [6.07, 6.45) is 15.8. The van der Waals surface area contributed by atoms with E-state index in [-0.39, 0.29) is 12.3 Å². The van der Waals surface area contributed by atoms with Crippen molar-refractivity contribution in [1.29, 1.82) is 0 Å². The fourth-order valence-electron chi connectivity index (χ4n) is 4.64. The molecule has 0 aromatic heterocycles. The Kier molecular flexibility index (Phi) is 4.79. The number of nitrogens with zero attached hydrogens (tertiary/aromatic N) is 1. The Morgan fingerprint density at radius 2 is 1.95 bits per heavy atom. The van der Waals surface area contributed by atoms with Gasteiger partial charge >= 0.3 is 0 Å². The van der Waals surface area contributed by atoms with Gasteiger partial charge in [-0.15, -0.1) is 0 Å². The lowest BCUT2D eigenvalue weighted by atomic mass is 9.96. The second kappa shape index (κ2) is 6.59. The van der Waals surface area contributed by atoms with Gasteiger partial charge in [-0.1, -0.05) is 25.0 Å². The van der Waals surface area contributed by atoms with E-state index in [1.54, 1.807) is 0 Å². The quantitative estimate of drug-likeness (QED) is 0.762. The minimum Gasteiger partial charge on any atom is -0.377 e. The lowest BCUT2D eigenvalue weighted by Crippen LogP contribution is -2.55. The third kappa shape index (κ3) is 2.81. The number of aliphatic hydroxyl groups excluding tert-OH is 1. The van der Waals surface area contributed by atoms with Crippen LogP contribution in [0.2, 0.25) is 0 Å². The fourth-order valence-corrected chi connectivity index (χ4v) is 4.64. The first kappa shape index (κ1) is 14.6. The van der Waals surface area contributed by atoms with Gasteiger partial charge in [0.15, 0.2) is 0 Å². The van der Waals surface area contributed by atoms with Crippen LogP contribution in [-0.4, -0.2) is 41.4 Å². The average molecular weight is 278 g/mol. The van der Waals surface area contributed by atoms with Crippen molar-refractivity contribution < 1.29 is 5.11 Å². The van der Waals surface area contributed by atoms with Gasteiger partial charge < -0.3 is 10.4 Å². The molecule has 0 spiro atoms. The maximum Gasteiger partial charge on any atom is 0.123 e. The summed E-state index contributed by atoms with van der Waals surface area (Å²) in [6, 6.07) is 1.29. The predicted molar refractivity (Wildman–Crippen MR) is 82.5 cm³/mol. The first-order valence-corrected chi connectivity index (χ1v) is 8.60. The van der Waals surface area contributed by atoms with Crippen LogP contribution < -0.4 is 5.32 Å². The number of rotatable bonds is 2. The maximum atomic E-state index is 10.9. The highest BCUT2D eigenvalue weighted by molar-refractivity contribution is 5.03. The zero-order chi connectivity index (χ0) is 13.9. The zero-order valence-electron chi connectivity index (χ0n) is 12.8. The molecule has 5 unspecified atom stereocenters. The summed E-state index contributed by atoms with van der Waals surface area (Å²) >= 11 is 0.